The molecule has 0 fully saturated rings. The highest BCUT2D eigenvalue weighted by Crippen LogP contribution is 2.33. The van der Waals surface area contributed by atoms with Gasteiger partial charge in [-0.3, -0.25) is 4.79 Å². The van der Waals surface area contributed by atoms with Crippen molar-refractivity contribution in [1.29, 1.82) is 0 Å². The zero-order valence-corrected chi connectivity index (χ0v) is 18.5. The zero-order chi connectivity index (χ0) is 21.6. The van der Waals surface area contributed by atoms with Crippen LogP contribution in [0.2, 0.25) is 10.0 Å². The third kappa shape index (κ3) is 5.82. The molecule has 1 amide bonds. The van der Waals surface area contributed by atoms with E-state index < -0.39 is 0 Å². The molecule has 31 heavy (non-hydrogen) atoms. The first-order chi connectivity index (χ1) is 15.1. The summed E-state index contributed by atoms with van der Waals surface area (Å²) in [4.78, 5) is 21.3. The van der Waals surface area contributed by atoms with E-state index in [2.05, 4.69) is 27.4 Å². The minimum atomic E-state index is -0.192. The normalized spacial score (nSPS) is 10.6. The van der Waals surface area contributed by atoms with Crippen LogP contribution in [0.25, 0.3) is 0 Å². The number of pyridine rings is 1. The van der Waals surface area contributed by atoms with E-state index in [1.165, 1.54) is 11.8 Å². The average molecular weight is 470 g/mol. The predicted octanol–water partition coefficient (Wildman–Crippen LogP) is 6.41. The first-order valence-electron chi connectivity index (χ1n) is 9.42. The van der Waals surface area contributed by atoms with Gasteiger partial charge in [-0.1, -0.05) is 65.7 Å². The molecule has 0 aliphatic carbocycles. The molecule has 2 aromatic heterocycles. The number of benzene rings is 2. The standard InChI is InChI=1S/C23H17Cl2N3O2S/c24-16-11-18(25)23(26-13-16)30-20-9-5-4-8-19(20)28-21(29)12-17-14-31-22(27-17)10-15-6-2-1-3-7-15/h1-9,11,13-14H,10,12H2,(H,28,29). The van der Waals surface area contributed by atoms with Gasteiger partial charge in [0.15, 0.2) is 5.75 Å². The SMILES string of the molecule is O=C(Cc1csc(Cc2ccccc2)n1)Nc1ccccc1Oc1ncc(Cl)cc1Cl. The summed E-state index contributed by atoms with van der Waals surface area (Å²) in [5.74, 6) is 0.441. The molecule has 4 aromatic rings. The average Bonchev–Trinajstić information content (AvgIpc) is 3.18. The second-order valence-electron chi connectivity index (χ2n) is 6.66. The van der Waals surface area contributed by atoms with Crippen LogP contribution in [0.4, 0.5) is 5.69 Å². The molecule has 1 N–H and O–H groups in total. The molecule has 0 atom stereocenters. The number of rotatable bonds is 7. The highest BCUT2D eigenvalue weighted by Gasteiger charge is 2.13. The smallest absolute Gasteiger partial charge is 0.238 e. The van der Waals surface area contributed by atoms with Gasteiger partial charge in [0, 0.05) is 18.0 Å². The van der Waals surface area contributed by atoms with Crippen LogP contribution >= 0.6 is 34.5 Å². The number of anilines is 1. The van der Waals surface area contributed by atoms with Crippen molar-refractivity contribution in [3.63, 3.8) is 0 Å². The van der Waals surface area contributed by atoms with Crippen molar-refractivity contribution in [3.05, 3.63) is 98.6 Å². The van der Waals surface area contributed by atoms with E-state index in [9.17, 15) is 4.79 Å². The fourth-order valence-corrected chi connectivity index (χ4v) is 4.13. The number of hydrogen-bond donors (Lipinski definition) is 1. The number of halogens is 2. The number of hydrogen-bond acceptors (Lipinski definition) is 5. The molecule has 0 saturated heterocycles. The van der Waals surface area contributed by atoms with Gasteiger partial charge in [0.2, 0.25) is 11.8 Å². The molecule has 2 heterocycles. The Morgan fingerprint density at radius 3 is 2.65 bits per heavy atom. The van der Waals surface area contributed by atoms with Crippen LogP contribution in [0, 0.1) is 0 Å². The highest BCUT2D eigenvalue weighted by atomic mass is 35.5. The van der Waals surface area contributed by atoms with Crippen LogP contribution in [0.1, 0.15) is 16.3 Å². The maximum absolute atomic E-state index is 12.6. The van der Waals surface area contributed by atoms with Crippen molar-refractivity contribution in [2.75, 3.05) is 5.32 Å². The van der Waals surface area contributed by atoms with Gasteiger partial charge < -0.3 is 10.1 Å². The molecule has 156 valence electrons. The third-order valence-corrected chi connectivity index (χ3v) is 5.66. The van der Waals surface area contributed by atoms with Gasteiger partial charge in [0.25, 0.3) is 0 Å². The molecular weight excluding hydrogens is 453 g/mol. The van der Waals surface area contributed by atoms with E-state index in [-0.39, 0.29) is 23.2 Å². The molecule has 0 spiro atoms. The number of para-hydroxylation sites is 2. The fourth-order valence-electron chi connectivity index (χ4n) is 2.88. The van der Waals surface area contributed by atoms with Crippen molar-refractivity contribution in [2.45, 2.75) is 12.8 Å². The Morgan fingerprint density at radius 2 is 1.84 bits per heavy atom. The molecule has 0 unspecified atom stereocenters. The van der Waals surface area contributed by atoms with Crippen molar-refractivity contribution >= 4 is 46.1 Å². The van der Waals surface area contributed by atoms with Crippen LogP contribution in [0.15, 0.2) is 72.2 Å². The molecule has 4 rings (SSSR count). The van der Waals surface area contributed by atoms with E-state index in [0.717, 1.165) is 17.1 Å². The monoisotopic (exact) mass is 469 g/mol. The second kappa shape index (κ2) is 9.92. The van der Waals surface area contributed by atoms with Crippen molar-refractivity contribution in [3.8, 4) is 11.6 Å². The summed E-state index contributed by atoms with van der Waals surface area (Å²) in [6, 6.07) is 18.7. The predicted molar refractivity (Wildman–Crippen MR) is 124 cm³/mol. The maximum Gasteiger partial charge on any atom is 0.238 e. The Bertz CT molecular complexity index is 1200. The lowest BCUT2D eigenvalue weighted by atomic mass is 10.2. The number of nitrogens with one attached hydrogen (secondary N) is 1. The first kappa shape index (κ1) is 21.3. The topological polar surface area (TPSA) is 64.1 Å². The summed E-state index contributed by atoms with van der Waals surface area (Å²) in [5, 5.41) is 6.45. The molecule has 0 aliphatic heterocycles. The molecule has 8 heteroatoms. The Balaban J connectivity index is 1.41. The van der Waals surface area contributed by atoms with E-state index in [1.54, 1.807) is 41.7 Å². The molecule has 0 saturated carbocycles. The van der Waals surface area contributed by atoms with Gasteiger partial charge in [-0.15, -0.1) is 11.3 Å². The summed E-state index contributed by atoms with van der Waals surface area (Å²) >= 11 is 13.6. The van der Waals surface area contributed by atoms with Crippen LogP contribution < -0.4 is 10.1 Å². The van der Waals surface area contributed by atoms with E-state index in [0.29, 0.717) is 16.5 Å². The van der Waals surface area contributed by atoms with Crippen molar-refractivity contribution in [2.24, 2.45) is 0 Å². The number of amides is 1. The minimum absolute atomic E-state index is 0.166. The van der Waals surface area contributed by atoms with E-state index in [4.69, 9.17) is 27.9 Å². The summed E-state index contributed by atoms with van der Waals surface area (Å²) in [7, 11) is 0. The van der Waals surface area contributed by atoms with Gasteiger partial charge in [0.1, 0.15) is 5.02 Å². The number of nitrogens with zero attached hydrogens (tertiary/aromatic N) is 2. The van der Waals surface area contributed by atoms with Crippen molar-refractivity contribution in [1.82, 2.24) is 9.97 Å². The van der Waals surface area contributed by atoms with Gasteiger partial charge >= 0.3 is 0 Å². The largest absolute Gasteiger partial charge is 0.435 e. The Hall–Kier alpha value is -2.93. The van der Waals surface area contributed by atoms with Crippen LogP contribution in [-0.2, 0) is 17.6 Å². The number of aromatic nitrogens is 2. The Labute approximate surface area is 193 Å². The Morgan fingerprint density at radius 1 is 1.06 bits per heavy atom. The molecular formula is C23H17Cl2N3O2S. The lowest BCUT2D eigenvalue weighted by molar-refractivity contribution is -0.115. The van der Waals surface area contributed by atoms with E-state index in [1.807, 2.05) is 23.6 Å². The van der Waals surface area contributed by atoms with Gasteiger partial charge in [-0.05, 0) is 23.8 Å². The summed E-state index contributed by atoms with van der Waals surface area (Å²) in [6.45, 7) is 0. The fraction of sp³-hybridized carbons (Fsp3) is 0.0870. The van der Waals surface area contributed by atoms with E-state index >= 15 is 0 Å². The molecule has 0 bridgehead atoms. The van der Waals surface area contributed by atoms with Gasteiger partial charge in [-0.25, -0.2) is 9.97 Å². The molecule has 0 radical (unpaired) electrons. The summed E-state index contributed by atoms with van der Waals surface area (Å²) in [5.41, 5.74) is 2.43. The summed E-state index contributed by atoms with van der Waals surface area (Å²) < 4.78 is 5.79. The number of ether oxygens (including phenoxy) is 1. The maximum atomic E-state index is 12.6. The number of carbonyl (C=O) groups is 1. The lowest BCUT2D eigenvalue weighted by Gasteiger charge is -2.12. The molecule has 0 aliphatic rings. The quantitative estimate of drug-likeness (QED) is 0.339. The van der Waals surface area contributed by atoms with Gasteiger partial charge in [0.05, 0.1) is 27.8 Å². The van der Waals surface area contributed by atoms with Crippen LogP contribution in [0.5, 0.6) is 11.6 Å². The molecule has 2 aromatic carbocycles. The van der Waals surface area contributed by atoms with Crippen LogP contribution in [-0.4, -0.2) is 15.9 Å². The first-order valence-corrected chi connectivity index (χ1v) is 11.1. The van der Waals surface area contributed by atoms with Crippen LogP contribution in [0.3, 0.4) is 0 Å². The number of thiazole rings is 1. The van der Waals surface area contributed by atoms with Crippen molar-refractivity contribution < 1.29 is 9.53 Å². The van der Waals surface area contributed by atoms with Gasteiger partial charge in [-0.2, -0.15) is 0 Å². The summed E-state index contributed by atoms with van der Waals surface area (Å²) in [6.07, 6.45) is 2.36. The highest BCUT2D eigenvalue weighted by molar-refractivity contribution is 7.09. The zero-order valence-electron chi connectivity index (χ0n) is 16.2. The Kier molecular flexibility index (Phi) is 6.82. The molecule has 5 nitrogen and oxygen atoms in total. The second-order valence-corrected chi connectivity index (χ2v) is 8.44. The third-order valence-electron chi connectivity index (χ3n) is 4.28. The number of carbonyl (C=O) groups excluding carboxylic acids is 1. The lowest BCUT2D eigenvalue weighted by Crippen LogP contribution is -2.15. The minimum Gasteiger partial charge on any atom is -0.435 e.